The van der Waals surface area contributed by atoms with Crippen molar-refractivity contribution in [2.75, 3.05) is 37.1 Å². The topological polar surface area (TPSA) is 106 Å². The molecule has 0 atom stereocenters. The van der Waals surface area contributed by atoms with Crippen LogP contribution in [0.2, 0.25) is 0 Å². The molecule has 3 aromatic heterocycles. The highest BCUT2D eigenvalue weighted by molar-refractivity contribution is 5.77. The van der Waals surface area contributed by atoms with E-state index in [0.717, 1.165) is 28.7 Å². The van der Waals surface area contributed by atoms with Crippen LogP contribution in [0.5, 0.6) is 0 Å². The van der Waals surface area contributed by atoms with Crippen molar-refractivity contribution in [1.82, 2.24) is 24.9 Å². The fraction of sp³-hybridized carbons (Fsp3) is 0.167. The summed E-state index contributed by atoms with van der Waals surface area (Å²) in [7, 11) is 5.51. The lowest BCUT2D eigenvalue weighted by Crippen LogP contribution is -1.88. The van der Waals surface area contributed by atoms with Gasteiger partial charge in [0.2, 0.25) is 5.95 Å². The van der Waals surface area contributed by atoms with E-state index in [9.17, 15) is 0 Å². The first kappa shape index (κ1) is 18.8. The van der Waals surface area contributed by atoms with Crippen LogP contribution < -0.4 is 16.0 Å². The molecule has 0 radical (unpaired) electrons. The molecule has 0 amide bonds. The predicted octanol–water partition coefficient (Wildman–Crippen LogP) is 3.18. The van der Waals surface area contributed by atoms with Gasteiger partial charge in [-0.05, 0) is 24.3 Å². The number of aromatic nitrogens is 5. The maximum absolute atomic E-state index is 4.26. The van der Waals surface area contributed by atoms with E-state index in [1.807, 2.05) is 63.6 Å². The lowest BCUT2D eigenvalue weighted by molar-refractivity contribution is 1.26. The van der Waals surface area contributed by atoms with Crippen LogP contribution in [0.3, 0.4) is 0 Å². The third kappa shape index (κ3) is 5.82. The Kier molecular flexibility index (Phi) is 7.47. The minimum Gasteiger partial charge on any atom is -0.373 e. The Morgan fingerprint density at radius 2 is 1.54 bits per heavy atom. The molecule has 8 nitrogen and oxygen atoms in total. The number of hydrogen-bond donors (Lipinski definition) is 5. The zero-order valence-corrected chi connectivity index (χ0v) is 15.1. The molecule has 0 aliphatic rings. The summed E-state index contributed by atoms with van der Waals surface area (Å²) in [6.45, 7) is 0. The fourth-order valence-electron chi connectivity index (χ4n) is 1.98. The maximum Gasteiger partial charge on any atom is 0.200 e. The first-order chi connectivity index (χ1) is 12.8. The molecule has 0 saturated carbocycles. The number of para-hydroxylation sites is 2. The van der Waals surface area contributed by atoms with Crippen LogP contribution in [0.25, 0.3) is 11.0 Å². The molecular formula is C18H24N8. The van der Waals surface area contributed by atoms with Gasteiger partial charge < -0.3 is 25.9 Å². The Morgan fingerprint density at radius 1 is 0.769 bits per heavy atom. The van der Waals surface area contributed by atoms with Gasteiger partial charge in [0.25, 0.3) is 0 Å². The number of imidazole rings is 2. The van der Waals surface area contributed by atoms with Crippen molar-refractivity contribution >= 4 is 28.7 Å². The second kappa shape index (κ2) is 10.3. The molecule has 0 saturated heterocycles. The van der Waals surface area contributed by atoms with Crippen LogP contribution in [-0.4, -0.2) is 46.1 Å². The number of rotatable bonds is 3. The van der Waals surface area contributed by atoms with E-state index in [2.05, 4.69) is 40.9 Å². The summed E-state index contributed by atoms with van der Waals surface area (Å²) in [5, 5.41) is 8.71. The van der Waals surface area contributed by atoms with E-state index in [0.29, 0.717) is 0 Å². The van der Waals surface area contributed by atoms with Gasteiger partial charge in [0, 0.05) is 39.7 Å². The number of nitrogens with zero attached hydrogens (tertiary/aromatic N) is 3. The van der Waals surface area contributed by atoms with Crippen molar-refractivity contribution in [2.24, 2.45) is 0 Å². The van der Waals surface area contributed by atoms with Crippen molar-refractivity contribution in [3.05, 3.63) is 61.1 Å². The summed E-state index contributed by atoms with van der Waals surface area (Å²) in [4.78, 5) is 18.1. The van der Waals surface area contributed by atoms with Gasteiger partial charge in [-0.25, -0.2) is 15.0 Å². The van der Waals surface area contributed by atoms with Crippen LogP contribution in [-0.2, 0) is 0 Å². The van der Waals surface area contributed by atoms with Crippen molar-refractivity contribution in [3.8, 4) is 0 Å². The quantitative estimate of drug-likeness (QED) is 0.388. The van der Waals surface area contributed by atoms with E-state index in [1.54, 1.807) is 18.6 Å². The van der Waals surface area contributed by atoms with Crippen molar-refractivity contribution < 1.29 is 0 Å². The molecule has 4 rings (SSSR count). The van der Waals surface area contributed by atoms with E-state index in [4.69, 9.17) is 0 Å². The second-order valence-electron chi connectivity index (χ2n) is 5.01. The van der Waals surface area contributed by atoms with Crippen LogP contribution in [0.15, 0.2) is 61.1 Å². The highest BCUT2D eigenvalue weighted by Gasteiger charge is 1.96. The minimum atomic E-state index is 0.806. The van der Waals surface area contributed by atoms with E-state index in [1.165, 1.54) is 0 Å². The van der Waals surface area contributed by atoms with Gasteiger partial charge in [0.1, 0.15) is 5.82 Å². The Labute approximate surface area is 152 Å². The van der Waals surface area contributed by atoms with Gasteiger partial charge in [0.15, 0.2) is 5.95 Å². The first-order valence-electron chi connectivity index (χ1n) is 8.15. The number of anilines is 3. The largest absolute Gasteiger partial charge is 0.373 e. The molecule has 8 heteroatoms. The average Bonchev–Trinajstić information content (AvgIpc) is 3.38. The molecular weight excluding hydrogens is 328 g/mol. The number of benzene rings is 1. The molecule has 0 bridgehead atoms. The van der Waals surface area contributed by atoms with Crippen LogP contribution in [0.1, 0.15) is 0 Å². The second-order valence-corrected chi connectivity index (χ2v) is 5.01. The van der Waals surface area contributed by atoms with Gasteiger partial charge in [-0.1, -0.05) is 18.2 Å². The lowest BCUT2D eigenvalue weighted by atomic mass is 10.3. The minimum absolute atomic E-state index is 0.806. The van der Waals surface area contributed by atoms with Gasteiger partial charge in [0.05, 0.1) is 11.0 Å². The average molecular weight is 352 g/mol. The summed E-state index contributed by atoms with van der Waals surface area (Å²) in [6, 6.07) is 13.7. The molecule has 0 unspecified atom stereocenters. The number of H-pyrrole nitrogens is 2. The summed E-state index contributed by atoms with van der Waals surface area (Å²) < 4.78 is 0. The normalized spacial score (nSPS) is 9.35. The van der Waals surface area contributed by atoms with Gasteiger partial charge in [-0.2, -0.15) is 0 Å². The lowest BCUT2D eigenvalue weighted by Gasteiger charge is -1.92. The number of pyridine rings is 1. The number of hydrogen-bond acceptors (Lipinski definition) is 6. The highest BCUT2D eigenvalue weighted by Crippen LogP contribution is 2.12. The van der Waals surface area contributed by atoms with E-state index < -0.39 is 0 Å². The molecule has 4 aromatic rings. The predicted molar refractivity (Wildman–Crippen MR) is 108 cm³/mol. The molecule has 3 heterocycles. The third-order valence-electron chi connectivity index (χ3n) is 3.28. The van der Waals surface area contributed by atoms with E-state index >= 15 is 0 Å². The molecule has 0 aliphatic heterocycles. The first-order valence-corrected chi connectivity index (χ1v) is 8.15. The molecule has 5 N–H and O–H groups in total. The van der Waals surface area contributed by atoms with Crippen LogP contribution >= 0.6 is 0 Å². The number of nitrogens with one attached hydrogen (secondary N) is 5. The third-order valence-corrected chi connectivity index (χ3v) is 3.28. The molecule has 0 spiro atoms. The maximum atomic E-state index is 4.26. The summed E-state index contributed by atoms with van der Waals surface area (Å²) in [6.07, 6.45) is 5.23. The molecule has 26 heavy (non-hydrogen) atoms. The Bertz CT molecular complexity index is 822. The van der Waals surface area contributed by atoms with Gasteiger partial charge in [-0.15, -0.1) is 0 Å². The van der Waals surface area contributed by atoms with Crippen molar-refractivity contribution in [2.45, 2.75) is 0 Å². The van der Waals surface area contributed by atoms with Crippen LogP contribution in [0, 0.1) is 0 Å². The standard InChI is InChI=1S/C8H9N3.C6H8N2.C4H7N3/c1-9-8-10-6-4-2-3-5-7(6)11-8;1-7-6-4-2-3-5-8-6;1-5-4-6-2-3-7-4/h2-5H,1H3,(H2,9,10,11);2-5H,1H3,(H,7,8);2-3H,1H3,(H2,5,6,7). The van der Waals surface area contributed by atoms with Crippen molar-refractivity contribution in [1.29, 1.82) is 0 Å². The highest BCUT2D eigenvalue weighted by atomic mass is 15.1. The Hall–Kier alpha value is -3.55. The Balaban J connectivity index is 0.000000145. The Morgan fingerprint density at radius 3 is 2.04 bits per heavy atom. The number of fused-ring (bicyclic) bond motifs is 1. The molecule has 0 aliphatic carbocycles. The smallest absolute Gasteiger partial charge is 0.200 e. The zero-order valence-electron chi connectivity index (χ0n) is 15.1. The van der Waals surface area contributed by atoms with E-state index in [-0.39, 0.29) is 0 Å². The monoisotopic (exact) mass is 352 g/mol. The fourth-order valence-corrected chi connectivity index (χ4v) is 1.98. The van der Waals surface area contributed by atoms with Gasteiger partial charge >= 0.3 is 0 Å². The van der Waals surface area contributed by atoms with Crippen molar-refractivity contribution in [3.63, 3.8) is 0 Å². The SMILES string of the molecule is CNc1ccccn1.CNc1nc2ccccc2[nH]1.CNc1ncc[nH]1. The van der Waals surface area contributed by atoms with Gasteiger partial charge in [-0.3, -0.25) is 0 Å². The summed E-state index contributed by atoms with van der Waals surface area (Å²) >= 11 is 0. The summed E-state index contributed by atoms with van der Waals surface area (Å²) in [5.41, 5.74) is 2.06. The number of aromatic amines is 2. The molecule has 0 fully saturated rings. The van der Waals surface area contributed by atoms with Crippen LogP contribution in [0.4, 0.5) is 17.7 Å². The molecule has 1 aromatic carbocycles. The summed E-state index contributed by atoms with van der Waals surface area (Å²) in [5.74, 6) is 2.53. The molecule has 136 valence electrons. The zero-order chi connectivity index (χ0) is 18.6.